The summed E-state index contributed by atoms with van der Waals surface area (Å²) in [5.41, 5.74) is 2.79. The lowest BCUT2D eigenvalue weighted by Gasteiger charge is -2.24. The lowest BCUT2D eigenvalue weighted by molar-refractivity contribution is -0.132. The minimum atomic E-state index is -1.12. The molecule has 0 saturated carbocycles. The average molecular weight is 205 g/mol. The van der Waals surface area contributed by atoms with E-state index in [4.69, 9.17) is 10.4 Å². The first-order valence-corrected chi connectivity index (χ1v) is 5.03. The molecule has 0 aliphatic heterocycles. The van der Waals surface area contributed by atoms with Crippen molar-refractivity contribution in [3.05, 3.63) is 22.3 Å². The van der Waals surface area contributed by atoms with Crippen molar-refractivity contribution in [3.8, 4) is 6.07 Å². The van der Waals surface area contributed by atoms with E-state index < -0.39 is 5.97 Å². The van der Waals surface area contributed by atoms with E-state index >= 15 is 0 Å². The summed E-state index contributed by atoms with van der Waals surface area (Å²) in [4.78, 5) is 10.9. The van der Waals surface area contributed by atoms with Crippen molar-refractivity contribution in [1.82, 2.24) is 0 Å². The molecular formula is C12H15NO2. The highest BCUT2D eigenvalue weighted by Gasteiger charge is 2.22. The van der Waals surface area contributed by atoms with E-state index in [0.717, 1.165) is 12.0 Å². The molecule has 0 aromatic carbocycles. The molecule has 0 amide bonds. The van der Waals surface area contributed by atoms with Gasteiger partial charge in [-0.15, -0.1) is 0 Å². The maximum atomic E-state index is 10.9. The standard InChI is InChI=1S/C12H15NO2/c1-7-4-5-10(9(3)8(7)2)11(6-13)12(14)15/h7H,4-5H2,1-3H3,(H,14,15). The Morgan fingerprint density at radius 3 is 2.60 bits per heavy atom. The largest absolute Gasteiger partial charge is 0.477 e. The summed E-state index contributed by atoms with van der Waals surface area (Å²) in [5.74, 6) is -0.628. The lowest BCUT2D eigenvalue weighted by atomic mass is 9.80. The fourth-order valence-corrected chi connectivity index (χ4v) is 1.93. The Labute approximate surface area is 89.7 Å². The molecule has 80 valence electrons. The first kappa shape index (κ1) is 11.5. The van der Waals surface area contributed by atoms with E-state index in [-0.39, 0.29) is 5.57 Å². The van der Waals surface area contributed by atoms with Crippen LogP contribution in [0.3, 0.4) is 0 Å². The van der Waals surface area contributed by atoms with Crippen molar-refractivity contribution >= 4 is 5.97 Å². The van der Waals surface area contributed by atoms with E-state index in [1.807, 2.05) is 13.8 Å². The molecule has 1 rings (SSSR count). The number of allylic oxidation sites excluding steroid dienone is 3. The number of aliphatic carboxylic acids is 1. The van der Waals surface area contributed by atoms with Crippen molar-refractivity contribution in [1.29, 1.82) is 5.26 Å². The van der Waals surface area contributed by atoms with Crippen LogP contribution in [0.15, 0.2) is 22.3 Å². The van der Waals surface area contributed by atoms with Gasteiger partial charge in [-0.25, -0.2) is 4.79 Å². The number of hydrogen-bond acceptors (Lipinski definition) is 2. The maximum absolute atomic E-state index is 10.9. The summed E-state index contributed by atoms with van der Waals surface area (Å²) in [7, 11) is 0. The predicted octanol–water partition coefficient (Wildman–Crippen LogP) is 2.66. The molecule has 0 aromatic rings. The van der Waals surface area contributed by atoms with Crippen LogP contribution in [-0.4, -0.2) is 11.1 Å². The number of carboxylic acid groups (broad SMARTS) is 1. The molecule has 3 nitrogen and oxygen atoms in total. The van der Waals surface area contributed by atoms with E-state index in [1.54, 1.807) is 6.07 Å². The van der Waals surface area contributed by atoms with Gasteiger partial charge in [0.15, 0.2) is 0 Å². The summed E-state index contributed by atoms with van der Waals surface area (Å²) in [6.07, 6.45) is 1.62. The van der Waals surface area contributed by atoms with Gasteiger partial charge >= 0.3 is 5.97 Å². The van der Waals surface area contributed by atoms with Gasteiger partial charge in [0.05, 0.1) is 0 Å². The molecule has 0 bridgehead atoms. The fourth-order valence-electron chi connectivity index (χ4n) is 1.93. The summed E-state index contributed by atoms with van der Waals surface area (Å²) < 4.78 is 0. The second-order valence-corrected chi connectivity index (χ2v) is 4.02. The molecular weight excluding hydrogens is 190 g/mol. The van der Waals surface area contributed by atoms with Gasteiger partial charge in [0, 0.05) is 0 Å². The van der Waals surface area contributed by atoms with Crippen LogP contribution in [0.2, 0.25) is 0 Å². The first-order valence-electron chi connectivity index (χ1n) is 5.03. The van der Waals surface area contributed by atoms with Gasteiger partial charge in [-0.3, -0.25) is 0 Å². The predicted molar refractivity (Wildman–Crippen MR) is 57.0 cm³/mol. The summed E-state index contributed by atoms with van der Waals surface area (Å²) in [6, 6.07) is 1.78. The third-order valence-corrected chi connectivity index (χ3v) is 3.24. The van der Waals surface area contributed by atoms with E-state index in [0.29, 0.717) is 17.9 Å². The topological polar surface area (TPSA) is 61.1 Å². The number of rotatable bonds is 1. The van der Waals surface area contributed by atoms with Crippen molar-refractivity contribution in [2.75, 3.05) is 0 Å². The highest BCUT2D eigenvalue weighted by atomic mass is 16.4. The number of nitrogens with zero attached hydrogens (tertiary/aromatic N) is 1. The first-order chi connectivity index (χ1) is 6.99. The molecule has 1 unspecified atom stereocenters. The molecule has 1 aliphatic carbocycles. The van der Waals surface area contributed by atoms with Crippen molar-refractivity contribution in [3.63, 3.8) is 0 Å². The molecule has 1 aliphatic rings. The van der Waals surface area contributed by atoms with Crippen molar-refractivity contribution in [2.45, 2.75) is 33.6 Å². The number of carboxylic acids is 1. The average Bonchev–Trinajstić information content (AvgIpc) is 2.18. The third kappa shape index (κ3) is 2.10. The Hall–Kier alpha value is -1.56. The highest BCUT2D eigenvalue weighted by molar-refractivity contribution is 5.93. The Balaban J connectivity index is 3.30. The lowest BCUT2D eigenvalue weighted by Crippen LogP contribution is -2.12. The number of carbonyl (C=O) groups is 1. The quantitative estimate of drug-likeness (QED) is 0.528. The molecule has 0 radical (unpaired) electrons. The molecule has 0 spiro atoms. The highest BCUT2D eigenvalue weighted by Crippen LogP contribution is 2.34. The van der Waals surface area contributed by atoms with Crippen molar-refractivity contribution in [2.24, 2.45) is 5.92 Å². The zero-order valence-electron chi connectivity index (χ0n) is 9.29. The zero-order valence-corrected chi connectivity index (χ0v) is 9.29. The van der Waals surface area contributed by atoms with E-state index in [2.05, 4.69) is 6.92 Å². The van der Waals surface area contributed by atoms with Gasteiger partial charge in [0.2, 0.25) is 0 Å². The van der Waals surface area contributed by atoms with Gasteiger partial charge in [0.25, 0.3) is 0 Å². The summed E-state index contributed by atoms with van der Waals surface area (Å²) in [5, 5.41) is 17.7. The Morgan fingerprint density at radius 2 is 2.13 bits per heavy atom. The second-order valence-electron chi connectivity index (χ2n) is 4.02. The Bertz CT molecular complexity index is 396. The zero-order chi connectivity index (χ0) is 11.6. The van der Waals surface area contributed by atoms with Crippen LogP contribution in [0.4, 0.5) is 0 Å². The molecule has 1 atom stereocenters. The minimum absolute atomic E-state index is 0.0984. The number of nitriles is 1. The smallest absolute Gasteiger partial charge is 0.346 e. The van der Waals surface area contributed by atoms with Crippen LogP contribution in [0.1, 0.15) is 33.6 Å². The fraction of sp³-hybridized carbons (Fsp3) is 0.500. The summed E-state index contributed by atoms with van der Waals surface area (Å²) >= 11 is 0. The molecule has 0 aromatic heterocycles. The number of hydrogen-bond donors (Lipinski definition) is 1. The van der Waals surface area contributed by atoms with Crippen LogP contribution in [-0.2, 0) is 4.79 Å². The van der Waals surface area contributed by atoms with Crippen LogP contribution in [0.5, 0.6) is 0 Å². The molecule has 0 fully saturated rings. The maximum Gasteiger partial charge on any atom is 0.346 e. The van der Waals surface area contributed by atoms with Crippen LogP contribution in [0.25, 0.3) is 0 Å². The normalized spacial score (nSPS) is 24.8. The van der Waals surface area contributed by atoms with Gasteiger partial charge in [-0.2, -0.15) is 5.26 Å². The summed E-state index contributed by atoms with van der Waals surface area (Å²) in [6.45, 7) is 6.04. The Kier molecular flexibility index (Phi) is 3.31. The van der Waals surface area contributed by atoms with Gasteiger partial charge in [0.1, 0.15) is 11.6 Å². The molecule has 0 saturated heterocycles. The van der Waals surface area contributed by atoms with Crippen LogP contribution in [0, 0.1) is 17.2 Å². The van der Waals surface area contributed by atoms with E-state index in [9.17, 15) is 4.79 Å². The minimum Gasteiger partial charge on any atom is -0.477 e. The molecule has 0 heterocycles. The monoisotopic (exact) mass is 205 g/mol. The van der Waals surface area contributed by atoms with Crippen LogP contribution < -0.4 is 0 Å². The SMILES string of the molecule is CC1=C(C)C(C)CCC1=C(C#N)C(=O)O. The molecule has 1 N–H and O–H groups in total. The Morgan fingerprint density at radius 1 is 1.53 bits per heavy atom. The third-order valence-electron chi connectivity index (χ3n) is 3.24. The van der Waals surface area contributed by atoms with Crippen molar-refractivity contribution < 1.29 is 9.90 Å². The van der Waals surface area contributed by atoms with Gasteiger partial charge in [-0.1, -0.05) is 12.5 Å². The molecule has 15 heavy (non-hydrogen) atoms. The van der Waals surface area contributed by atoms with Crippen LogP contribution >= 0.6 is 0 Å². The van der Waals surface area contributed by atoms with Gasteiger partial charge < -0.3 is 5.11 Å². The van der Waals surface area contributed by atoms with E-state index in [1.165, 1.54) is 5.57 Å². The molecule has 3 heteroatoms. The second kappa shape index (κ2) is 4.31. The van der Waals surface area contributed by atoms with Gasteiger partial charge in [-0.05, 0) is 43.8 Å².